The van der Waals surface area contributed by atoms with E-state index in [1.165, 1.54) is 5.56 Å². The topological polar surface area (TPSA) is 12.0 Å². The van der Waals surface area contributed by atoms with Crippen LogP contribution in [0.5, 0.6) is 0 Å². The molecule has 0 aliphatic carbocycles. The first-order valence-electron chi connectivity index (χ1n) is 7.44. The minimum absolute atomic E-state index is 0.145. The van der Waals surface area contributed by atoms with E-state index in [0.717, 1.165) is 30.7 Å². The van der Waals surface area contributed by atoms with E-state index < -0.39 is 0 Å². The summed E-state index contributed by atoms with van der Waals surface area (Å²) in [5.41, 5.74) is 2.29. The zero-order chi connectivity index (χ0) is 15.2. The van der Waals surface area contributed by atoms with Gasteiger partial charge >= 0.3 is 0 Å². The Hall–Kier alpha value is -0.540. The number of nitrogens with one attached hydrogen (secondary N) is 1. The van der Waals surface area contributed by atoms with Gasteiger partial charge in [0.25, 0.3) is 0 Å². The van der Waals surface area contributed by atoms with Crippen LogP contribution in [0.25, 0.3) is 0 Å². The molecule has 0 aromatic heterocycles. The van der Waals surface area contributed by atoms with Crippen LogP contribution in [-0.2, 0) is 6.42 Å². The zero-order valence-corrected chi connectivity index (χ0v) is 14.2. The average Bonchev–Trinajstić information content (AvgIpc) is 2.34. The van der Waals surface area contributed by atoms with Gasteiger partial charge in [0.1, 0.15) is 5.82 Å². The van der Waals surface area contributed by atoms with Gasteiger partial charge < -0.3 is 5.32 Å². The lowest BCUT2D eigenvalue weighted by molar-refractivity contribution is 0.546. The van der Waals surface area contributed by atoms with Crippen molar-refractivity contribution >= 4 is 11.8 Å². The lowest BCUT2D eigenvalue weighted by Crippen LogP contribution is -2.35. The molecule has 0 bridgehead atoms. The first-order chi connectivity index (χ1) is 9.31. The van der Waals surface area contributed by atoms with Crippen molar-refractivity contribution in [3.05, 3.63) is 35.1 Å². The van der Waals surface area contributed by atoms with Crippen molar-refractivity contribution in [1.82, 2.24) is 5.32 Å². The van der Waals surface area contributed by atoms with E-state index in [0.29, 0.717) is 6.04 Å². The summed E-state index contributed by atoms with van der Waals surface area (Å²) in [5, 5.41) is 3.62. The third-order valence-electron chi connectivity index (χ3n) is 3.17. The first kappa shape index (κ1) is 17.5. The molecule has 1 N–H and O–H groups in total. The van der Waals surface area contributed by atoms with E-state index in [1.807, 2.05) is 24.8 Å². The SMILES string of the molecule is CCCNC(CSC(C)(C)C)Cc1ccc(F)cc1C. The predicted molar refractivity (Wildman–Crippen MR) is 89.1 cm³/mol. The first-order valence-corrected chi connectivity index (χ1v) is 8.42. The van der Waals surface area contributed by atoms with Gasteiger partial charge in [-0.15, -0.1) is 0 Å². The van der Waals surface area contributed by atoms with Crippen molar-refractivity contribution in [2.24, 2.45) is 0 Å². The summed E-state index contributed by atoms with van der Waals surface area (Å²) in [7, 11) is 0. The molecule has 1 unspecified atom stereocenters. The fraction of sp³-hybridized carbons (Fsp3) is 0.647. The van der Waals surface area contributed by atoms with Crippen LogP contribution in [-0.4, -0.2) is 23.1 Å². The highest BCUT2D eigenvalue weighted by Crippen LogP contribution is 2.25. The maximum Gasteiger partial charge on any atom is 0.123 e. The number of thioether (sulfide) groups is 1. The predicted octanol–water partition coefficient (Wildman–Crippen LogP) is 4.58. The highest BCUT2D eigenvalue weighted by molar-refractivity contribution is 8.00. The number of hydrogen-bond donors (Lipinski definition) is 1. The Kier molecular flexibility index (Phi) is 7.04. The van der Waals surface area contributed by atoms with Crippen LogP contribution in [0.4, 0.5) is 4.39 Å². The molecule has 0 saturated heterocycles. The molecular formula is C17H28FNS. The molecule has 3 heteroatoms. The maximum atomic E-state index is 13.2. The van der Waals surface area contributed by atoms with E-state index >= 15 is 0 Å². The highest BCUT2D eigenvalue weighted by atomic mass is 32.2. The second kappa shape index (κ2) is 8.04. The third kappa shape index (κ3) is 6.76. The molecule has 0 heterocycles. The van der Waals surface area contributed by atoms with Crippen LogP contribution in [0.2, 0.25) is 0 Å². The van der Waals surface area contributed by atoms with Gasteiger partial charge in [0.2, 0.25) is 0 Å². The van der Waals surface area contributed by atoms with Gasteiger partial charge in [-0.05, 0) is 49.6 Å². The van der Waals surface area contributed by atoms with Crippen LogP contribution in [0, 0.1) is 12.7 Å². The van der Waals surface area contributed by atoms with E-state index in [2.05, 4.69) is 33.0 Å². The molecule has 20 heavy (non-hydrogen) atoms. The van der Waals surface area contributed by atoms with E-state index in [4.69, 9.17) is 0 Å². The standard InChI is InChI=1S/C17H28FNS/c1-6-9-19-16(12-20-17(3,4)5)11-14-7-8-15(18)10-13(14)2/h7-8,10,16,19H,6,9,11-12H2,1-5H3. The lowest BCUT2D eigenvalue weighted by Gasteiger charge is -2.24. The van der Waals surface area contributed by atoms with Gasteiger partial charge in [0, 0.05) is 16.5 Å². The molecule has 114 valence electrons. The van der Waals surface area contributed by atoms with Gasteiger partial charge in [0.05, 0.1) is 0 Å². The molecule has 1 atom stereocenters. The summed E-state index contributed by atoms with van der Waals surface area (Å²) in [6.45, 7) is 12.0. The summed E-state index contributed by atoms with van der Waals surface area (Å²) in [4.78, 5) is 0. The minimum Gasteiger partial charge on any atom is -0.313 e. The average molecular weight is 297 g/mol. The van der Waals surface area contributed by atoms with Crippen molar-refractivity contribution in [2.45, 2.75) is 58.2 Å². The molecule has 0 aliphatic heterocycles. The second-order valence-electron chi connectivity index (χ2n) is 6.35. The molecule has 1 aromatic rings. The summed E-state index contributed by atoms with van der Waals surface area (Å²) in [6, 6.07) is 5.56. The summed E-state index contributed by atoms with van der Waals surface area (Å²) >= 11 is 1.98. The van der Waals surface area contributed by atoms with Crippen molar-refractivity contribution in [3.63, 3.8) is 0 Å². The van der Waals surface area contributed by atoms with Crippen LogP contribution in [0.3, 0.4) is 0 Å². The molecule has 1 nitrogen and oxygen atoms in total. The molecule has 0 fully saturated rings. The van der Waals surface area contributed by atoms with Gasteiger partial charge in [-0.3, -0.25) is 0 Å². The van der Waals surface area contributed by atoms with Crippen molar-refractivity contribution in [2.75, 3.05) is 12.3 Å². The molecule has 0 saturated carbocycles. The molecule has 0 aliphatic rings. The number of rotatable bonds is 7. The smallest absolute Gasteiger partial charge is 0.123 e. The highest BCUT2D eigenvalue weighted by Gasteiger charge is 2.16. The van der Waals surface area contributed by atoms with Crippen molar-refractivity contribution in [1.29, 1.82) is 0 Å². The summed E-state index contributed by atoms with van der Waals surface area (Å²) in [6.07, 6.45) is 2.11. The third-order valence-corrected chi connectivity index (χ3v) is 4.61. The Labute approximate surface area is 127 Å². The van der Waals surface area contributed by atoms with Gasteiger partial charge in [-0.2, -0.15) is 11.8 Å². The summed E-state index contributed by atoms with van der Waals surface area (Å²) < 4.78 is 13.5. The van der Waals surface area contributed by atoms with Gasteiger partial charge in [-0.1, -0.05) is 33.8 Å². The fourth-order valence-electron chi connectivity index (χ4n) is 2.04. The Balaban J connectivity index is 2.67. The van der Waals surface area contributed by atoms with Crippen molar-refractivity contribution < 1.29 is 4.39 Å². The number of benzene rings is 1. The molecule has 0 amide bonds. The van der Waals surface area contributed by atoms with Crippen LogP contribution < -0.4 is 5.32 Å². The van der Waals surface area contributed by atoms with E-state index in [1.54, 1.807) is 12.1 Å². The number of hydrogen-bond acceptors (Lipinski definition) is 2. The second-order valence-corrected chi connectivity index (χ2v) is 8.20. The normalized spacial score (nSPS) is 13.5. The summed E-state index contributed by atoms with van der Waals surface area (Å²) in [5.74, 6) is 0.939. The van der Waals surface area contributed by atoms with Crippen LogP contribution in [0.15, 0.2) is 18.2 Å². The largest absolute Gasteiger partial charge is 0.313 e. The fourth-order valence-corrected chi connectivity index (χ4v) is 2.98. The quantitative estimate of drug-likeness (QED) is 0.791. The van der Waals surface area contributed by atoms with Gasteiger partial charge in [-0.25, -0.2) is 4.39 Å². The Bertz CT molecular complexity index is 412. The number of aryl methyl sites for hydroxylation is 1. The zero-order valence-electron chi connectivity index (χ0n) is 13.4. The minimum atomic E-state index is -0.145. The molecule has 0 spiro atoms. The Morgan fingerprint density at radius 1 is 1.30 bits per heavy atom. The van der Waals surface area contributed by atoms with Crippen LogP contribution >= 0.6 is 11.8 Å². The maximum absolute atomic E-state index is 13.2. The Morgan fingerprint density at radius 2 is 2.00 bits per heavy atom. The lowest BCUT2D eigenvalue weighted by atomic mass is 10.0. The molecule has 1 rings (SSSR count). The molecule has 1 aromatic carbocycles. The van der Waals surface area contributed by atoms with E-state index in [9.17, 15) is 4.39 Å². The monoisotopic (exact) mass is 297 g/mol. The Morgan fingerprint density at radius 3 is 2.55 bits per heavy atom. The van der Waals surface area contributed by atoms with E-state index in [-0.39, 0.29) is 10.6 Å². The van der Waals surface area contributed by atoms with Crippen molar-refractivity contribution in [3.8, 4) is 0 Å². The van der Waals surface area contributed by atoms with Crippen LogP contribution in [0.1, 0.15) is 45.2 Å². The molecule has 0 radical (unpaired) electrons. The van der Waals surface area contributed by atoms with Gasteiger partial charge in [0.15, 0.2) is 0 Å². The molecular weight excluding hydrogens is 269 g/mol. The number of halogens is 1.